The molecule has 0 amide bonds. The molecule has 0 bridgehead atoms. The van der Waals surface area contributed by atoms with E-state index in [4.69, 9.17) is 4.74 Å². The Morgan fingerprint density at radius 3 is 2.67 bits per heavy atom. The molecule has 0 aliphatic heterocycles. The number of rotatable bonds is 3. The van der Waals surface area contributed by atoms with Crippen LogP contribution in [0.4, 0.5) is 0 Å². The van der Waals surface area contributed by atoms with Crippen molar-refractivity contribution < 1.29 is 9.53 Å². The second-order valence-corrected chi connectivity index (χ2v) is 2.35. The molecule has 1 aromatic carbocycles. The lowest BCUT2D eigenvalue weighted by molar-refractivity contribution is 0.102. The smallest absolute Gasteiger partial charge is 0.170 e. The van der Waals surface area contributed by atoms with Crippen LogP contribution >= 0.6 is 0 Å². The molecule has 2 heteroatoms. The minimum absolute atomic E-state index is 0.00699. The second-order valence-electron chi connectivity index (χ2n) is 2.35. The molecule has 0 aromatic heterocycles. The average molecular weight is 163 g/mol. The first-order chi connectivity index (χ1) is 5.79. The van der Waals surface area contributed by atoms with E-state index in [1.807, 2.05) is 12.1 Å². The van der Waals surface area contributed by atoms with Crippen LogP contribution in [0.5, 0.6) is 5.75 Å². The molecule has 0 atom stereocenters. The van der Waals surface area contributed by atoms with Crippen LogP contribution in [0.25, 0.3) is 0 Å². The van der Waals surface area contributed by atoms with Crippen molar-refractivity contribution in [1.82, 2.24) is 0 Å². The zero-order valence-corrected chi connectivity index (χ0v) is 7.20. The van der Waals surface area contributed by atoms with E-state index in [0.717, 1.165) is 0 Å². The Hall–Kier alpha value is -1.31. The number of benzene rings is 1. The fourth-order valence-corrected chi connectivity index (χ4v) is 1.00. The van der Waals surface area contributed by atoms with Gasteiger partial charge in [0.2, 0.25) is 0 Å². The molecule has 1 aromatic rings. The van der Waals surface area contributed by atoms with E-state index >= 15 is 0 Å². The average Bonchev–Trinajstić information content (AvgIpc) is 2.16. The molecule has 2 nitrogen and oxygen atoms in total. The van der Waals surface area contributed by atoms with Crippen LogP contribution in [0.1, 0.15) is 17.3 Å². The van der Waals surface area contributed by atoms with Gasteiger partial charge >= 0.3 is 0 Å². The number of ketones is 1. The van der Waals surface area contributed by atoms with Gasteiger partial charge < -0.3 is 4.74 Å². The second kappa shape index (κ2) is 3.90. The summed E-state index contributed by atoms with van der Waals surface area (Å²) in [6, 6.07) is 7.18. The number of hydrogen-bond donors (Lipinski definition) is 0. The van der Waals surface area contributed by atoms with Crippen molar-refractivity contribution in [3.05, 3.63) is 36.2 Å². The molecule has 0 saturated carbocycles. The van der Waals surface area contributed by atoms with Gasteiger partial charge in [-0.25, -0.2) is 0 Å². The number of hydrogen-bond acceptors (Lipinski definition) is 2. The van der Waals surface area contributed by atoms with Gasteiger partial charge in [0.25, 0.3) is 0 Å². The van der Waals surface area contributed by atoms with Crippen LogP contribution in [0.2, 0.25) is 0 Å². The van der Waals surface area contributed by atoms with Gasteiger partial charge in [0.05, 0.1) is 12.7 Å². The Bertz CT molecular complexity index is 279. The lowest BCUT2D eigenvalue weighted by Gasteiger charge is -2.04. The molecule has 0 aliphatic rings. The first-order valence-corrected chi connectivity index (χ1v) is 3.76. The van der Waals surface area contributed by atoms with Gasteiger partial charge in [0.15, 0.2) is 5.78 Å². The van der Waals surface area contributed by atoms with Gasteiger partial charge in [-0.05, 0) is 12.1 Å². The summed E-state index contributed by atoms with van der Waals surface area (Å²) in [5, 5.41) is 0. The zero-order chi connectivity index (χ0) is 8.97. The molecule has 0 saturated heterocycles. The fraction of sp³-hybridized carbons (Fsp3) is 0.200. The van der Waals surface area contributed by atoms with Crippen molar-refractivity contribution >= 4 is 5.78 Å². The van der Waals surface area contributed by atoms with Crippen LogP contribution in [0, 0.1) is 6.42 Å². The fourth-order valence-electron chi connectivity index (χ4n) is 1.00. The SMILES string of the molecule is C[CH]C(=O)c1ccccc1OC. The van der Waals surface area contributed by atoms with Gasteiger partial charge in [-0.2, -0.15) is 0 Å². The van der Waals surface area contributed by atoms with Crippen LogP contribution < -0.4 is 4.74 Å². The Labute approximate surface area is 72.2 Å². The highest BCUT2D eigenvalue weighted by Crippen LogP contribution is 2.18. The predicted octanol–water partition coefficient (Wildman–Crippen LogP) is 2.10. The number of carbonyl (C=O) groups excluding carboxylic acids is 1. The van der Waals surface area contributed by atoms with Crippen LogP contribution in [-0.2, 0) is 0 Å². The van der Waals surface area contributed by atoms with E-state index in [9.17, 15) is 4.79 Å². The van der Waals surface area contributed by atoms with Gasteiger partial charge in [-0.1, -0.05) is 19.1 Å². The Morgan fingerprint density at radius 2 is 2.08 bits per heavy atom. The topological polar surface area (TPSA) is 26.3 Å². The van der Waals surface area contributed by atoms with Crippen molar-refractivity contribution in [2.75, 3.05) is 7.11 Å². The van der Waals surface area contributed by atoms with Crippen molar-refractivity contribution in [3.63, 3.8) is 0 Å². The molecule has 0 heterocycles. The van der Waals surface area contributed by atoms with Gasteiger partial charge in [0.1, 0.15) is 5.75 Å². The standard InChI is InChI=1S/C10H11O2/c1-3-9(11)8-6-4-5-7-10(8)12-2/h3-7H,1-2H3. The van der Waals surface area contributed by atoms with E-state index in [1.165, 1.54) is 6.42 Å². The monoisotopic (exact) mass is 163 g/mol. The third-order valence-corrected chi connectivity index (χ3v) is 1.63. The first kappa shape index (κ1) is 8.78. The molecule has 0 aliphatic carbocycles. The molecule has 1 rings (SSSR count). The van der Waals surface area contributed by atoms with Gasteiger partial charge in [-0.15, -0.1) is 0 Å². The summed E-state index contributed by atoms with van der Waals surface area (Å²) in [6.07, 6.45) is 1.53. The Kier molecular flexibility index (Phi) is 2.86. The zero-order valence-electron chi connectivity index (χ0n) is 7.20. The molecular weight excluding hydrogens is 152 g/mol. The van der Waals surface area contributed by atoms with Gasteiger partial charge in [0, 0.05) is 6.42 Å². The maximum atomic E-state index is 11.3. The van der Waals surface area contributed by atoms with E-state index in [0.29, 0.717) is 11.3 Å². The number of methoxy groups -OCH3 is 1. The summed E-state index contributed by atoms with van der Waals surface area (Å²) in [4.78, 5) is 11.3. The lowest BCUT2D eigenvalue weighted by atomic mass is 10.1. The van der Waals surface area contributed by atoms with E-state index in [1.54, 1.807) is 26.2 Å². The number of ether oxygens (including phenoxy) is 1. The molecule has 0 fully saturated rings. The van der Waals surface area contributed by atoms with E-state index in [2.05, 4.69) is 0 Å². The number of para-hydroxylation sites is 1. The van der Waals surface area contributed by atoms with Crippen LogP contribution in [-0.4, -0.2) is 12.9 Å². The van der Waals surface area contributed by atoms with Gasteiger partial charge in [-0.3, -0.25) is 4.79 Å². The summed E-state index contributed by atoms with van der Waals surface area (Å²) < 4.78 is 5.03. The molecule has 0 N–H and O–H groups in total. The molecule has 1 radical (unpaired) electrons. The maximum Gasteiger partial charge on any atom is 0.170 e. The summed E-state index contributed by atoms with van der Waals surface area (Å²) in [7, 11) is 1.56. The Balaban J connectivity index is 3.04. The minimum Gasteiger partial charge on any atom is -0.496 e. The molecule has 63 valence electrons. The first-order valence-electron chi connectivity index (χ1n) is 3.76. The maximum absolute atomic E-state index is 11.3. The highest BCUT2D eigenvalue weighted by atomic mass is 16.5. The predicted molar refractivity (Wildman–Crippen MR) is 47.3 cm³/mol. The van der Waals surface area contributed by atoms with E-state index in [-0.39, 0.29) is 5.78 Å². The highest BCUT2D eigenvalue weighted by Gasteiger charge is 2.08. The number of carbonyl (C=O) groups is 1. The lowest BCUT2D eigenvalue weighted by Crippen LogP contribution is -2.00. The molecule has 12 heavy (non-hydrogen) atoms. The van der Waals surface area contributed by atoms with Crippen molar-refractivity contribution in [2.45, 2.75) is 6.92 Å². The molecular formula is C10H11O2. The van der Waals surface area contributed by atoms with Crippen molar-refractivity contribution in [2.24, 2.45) is 0 Å². The quantitative estimate of drug-likeness (QED) is 0.638. The van der Waals surface area contributed by atoms with Crippen LogP contribution in [0.15, 0.2) is 24.3 Å². The summed E-state index contributed by atoms with van der Waals surface area (Å²) in [5.74, 6) is 0.619. The number of Topliss-reactive ketones (excluding diaryl/α,β-unsaturated/α-hetero) is 1. The highest BCUT2D eigenvalue weighted by molar-refractivity contribution is 6.04. The van der Waals surface area contributed by atoms with Crippen molar-refractivity contribution in [3.8, 4) is 5.75 Å². The van der Waals surface area contributed by atoms with Crippen LogP contribution in [0.3, 0.4) is 0 Å². The third kappa shape index (κ3) is 1.64. The third-order valence-electron chi connectivity index (χ3n) is 1.63. The Morgan fingerprint density at radius 1 is 1.42 bits per heavy atom. The normalized spacial score (nSPS) is 9.50. The molecule has 0 spiro atoms. The summed E-state index contributed by atoms with van der Waals surface area (Å²) >= 11 is 0. The minimum atomic E-state index is -0.00699. The summed E-state index contributed by atoms with van der Waals surface area (Å²) in [5.41, 5.74) is 0.613. The van der Waals surface area contributed by atoms with E-state index < -0.39 is 0 Å². The largest absolute Gasteiger partial charge is 0.496 e. The van der Waals surface area contributed by atoms with Crippen molar-refractivity contribution in [1.29, 1.82) is 0 Å². The molecule has 0 unspecified atom stereocenters. The summed E-state index contributed by atoms with van der Waals surface area (Å²) in [6.45, 7) is 1.72.